The zero-order chi connectivity index (χ0) is 14.8. The van der Waals surface area contributed by atoms with Gasteiger partial charge in [0, 0.05) is 11.6 Å². The highest BCUT2D eigenvalue weighted by atomic mass is 19.4. The van der Waals surface area contributed by atoms with Crippen LogP contribution in [0.2, 0.25) is 0 Å². The quantitative estimate of drug-likeness (QED) is 0.863. The van der Waals surface area contributed by atoms with E-state index in [9.17, 15) is 18.0 Å². The van der Waals surface area contributed by atoms with Gasteiger partial charge in [0.15, 0.2) is 0 Å². The molecule has 0 aromatic rings. The molecule has 0 bridgehead atoms. The van der Waals surface area contributed by atoms with Crippen LogP contribution in [-0.2, 0) is 4.79 Å². The van der Waals surface area contributed by atoms with E-state index >= 15 is 0 Å². The SMILES string of the molecule is CC(C)(C)N(CC(=O)O)C1CCCC(C(F)(F)F)C1. The molecular weight excluding hydrogens is 259 g/mol. The monoisotopic (exact) mass is 281 g/mol. The van der Waals surface area contributed by atoms with Gasteiger partial charge in [-0.15, -0.1) is 0 Å². The Morgan fingerprint density at radius 2 is 1.84 bits per heavy atom. The number of carboxylic acid groups (broad SMARTS) is 1. The highest BCUT2D eigenvalue weighted by Crippen LogP contribution is 2.40. The van der Waals surface area contributed by atoms with E-state index in [1.54, 1.807) is 4.90 Å². The summed E-state index contributed by atoms with van der Waals surface area (Å²) in [6.45, 7) is 5.31. The van der Waals surface area contributed by atoms with Crippen molar-refractivity contribution >= 4 is 5.97 Å². The second kappa shape index (κ2) is 5.69. The number of halogens is 3. The van der Waals surface area contributed by atoms with Gasteiger partial charge in [-0.05, 0) is 40.0 Å². The first-order chi connectivity index (χ1) is 8.51. The summed E-state index contributed by atoms with van der Waals surface area (Å²) < 4.78 is 38.4. The summed E-state index contributed by atoms with van der Waals surface area (Å²) in [5.74, 6) is -2.30. The molecule has 0 amide bonds. The zero-order valence-corrected chi connectivity index (χ0v) is 11.6. The summed E-state index contributed by atoms with van der Waals surface area (Å²) >= 11 is 0. The molecule has 1 fully saturated rings. The molecule has 6 heteroatoms. The van der Waals surface area contributed by atoms with E-state index in [2.05, 4.69) is 0 Å². The van der Waals surface area contributed by atoms with E-state index in [1.165, 1.54) is 0 Å². The molecule has 0 heterocycles. The molecule has 0 saturated heterocycles. The smallest absolute Gasteiger partial charge is 0.391 e. The molecule has 1 aliphatic carbocycles. The molecule has 1 N–H and O–H groups in total. The van der Waals surface area contributed by atoms with Crippen molar-refractivity contribution < 1.29 is 23.1 Å². The lowest BCUT2D eigenvalue weighted by molar-refractivity contribution is -0.188. The van der Waals surface area contributed by atoms with Gasteiger partial charge in [-0.3, -0.25) is 9.69 Å². The number of carboxylic acids is 1. The molecule has 19 heavy (non-hydrogen) atoms. The molecule has 0 aliphatic heterocycles. The Labute approximate surface area is 111 Å². The fourth-order valence-electron chi connectivity index (χ4n) is 2.80. The standard InChI is InChI=1S/C13H22F3NO2/c1-12(2,3)17(8-11(18)19)10-6-4-5-9(7-10)13(14,15)16/h9-10H,4-8H2,1-3H3,(H,18,19). The van der Waals surface area contributed by atoms with Gasteiger partial charge in [0.2, 0.25) is 0 Å². The van der Waals surface area contributed by atoms with Crippen LogP contribution in [0.1, 0.15) is 46.5 Å². The number of alkyl halides is 3. The molecule has 0 aromatic heterocycles. The van der Waals surface area contributed by atoms with Crippen LogP contribution in [-0.4, -0.2) is 40.3 Å². The molecule has 1 rings (SSSR count). The molecule has 0 radical (unpaired) electrons. The van der Waals surface area contributed by atoms with Crippen LogP contribution in [0.3, 0.4) is 0 Å². The number of hydrogen-bond donors (Lipinski definition) is 1. The Hall–Kier alpha value is -0.780. The van der Waals surface area contributed by atoms with Gasteiger partial charge < -0.3 is 5.11 Å². The zero-order valence-electron chi connectivity index (χ0n) is 11.6. The second-order valence-electron chi connectivity index (χ2n) is 6.25. The van der Waals surface area contributed by atoms with Crippen LogP contribution < -0.4 is 0 Å². The van der Waals surface area contributed by atoms with Crippen molar-refractivity contribution in [3.63, 3.8) is 0 Å². The molecule has 0 aromatic carbocycles. The van der Waals surface area contributed by atoms with E-state index in [4.69, 9.17) is 5.11 Å². The van der Waals surface area contributed by atoms with Crippen LogP contribution in [0.25, 0.3) is 0 Å². The van der Waals surface area contributed by atoms with Gasteiger partial charge in [-0.25, -0.2) is 0 Å². The Kier molecular flexibility index (Phi) is 4.87. The number of rotatable bonds is 3. The predicted molar refractivity (Wildman–Crippen MR) is 65.9 cm³/mol. The van der Waals surface area contributed by atoms with Crippen LogP contribution in [0, 0.1) is 5.92 Å². The van der Waals surface area contributed by atoms with Crippen LogP contribution in [0.4, 0.5) is 13.2 Å². The predicted octanol–water partition coefficient (Wildman–Crippen LogP) is 3.29. The molecule has 1 aliphatic rings. The molecule has 1 saturated carbocycles. The number of carbonyl (C=O) groups is 1. The third-order valence-corrected chi connectivity index (χ3v) is 3.72. The summed E-state index contributed by atoms with van der Waals surface area (Å²) in [7, 11) is 0. The normalized spacial score (nSPS) is 25.6. The van der Waals surface area contributed by atoms with Gasteiger partial charge in [0.1, 0.15) is 0 Å². The van der Waals surface area contributed by atoms with Crippen LogP contribution in [0.15, 0.2) is 0 Å². The first-order valence-corrected chi connectivity index (χ1v) is 6.57. The average Bonchev–Trinajstić information content (AvgIpc) is 2.23. The van der Waals surface area contributed by atoms with Crippen molar-refractivity contribution in [2.24, 2.45) is 5.92 Å². The average molecular weight is 281 g/mol. The van der Waals surface area contributed by atoms with Crippen LogP contribution >= 0.6 is 0 Å². The highest BCUT2D eigenvalue weighted by Gasteiger charge is 2.44. The first-order valence-electron chi connectivity index (χ1n) is 6.57. The van der Waals surface area contributed by atoms with Gasteiger partial charge in [0.05, 0.1) is 12.5 Å². The molecule has 2 unspecified atom stereocenters. The maximum atomic E-state index is 12.8. The highest BCUT2D eigenvalue weighted by molar-refractivity contribution is 5.69. The maximum Gasteiger partial charge on any atom is 0.391 e. The van der Waals surface area contributed by atoms with E-state index < -0.39 is 23.6 Å². The number of aliphatic carboxylic acids is 1. The van der Waals surface area contributed by atoms with Crippen molar-refractivity contribution in [3.8, 4) is 0 Å². The van der Waals surface area contributed by atoms with Crippen LogP contribution in [0.5, 0.6) is 0 Å². The van der Waals surface area contributed by atoms with Gasteiger partial charge in [-0.1, -0.05) is 6.42 Å². The Bertz CT molecular complexity index is 323. The number of nitrogens with zero attached hydrogens (tertiary/aromatic N) is 1. The summed E-state index contributed by atoms with van der Waals surface area (Å²) in [6, 6.07) is -0.309. The minimum absolute atomic E-state index is 0.00799. The molecular formula is C13H22F3NO2. The summed E-state index contributed by atoms with van der Waals surface area (Å²) in [6.07, 6.45) is -2.87. The molecule has 3 nitrogen and oxygen atoms in total. The van der Waals surface area contributed by atoms with E-state index in [0.717, 1.165) is 0 Å². The largest absolute Gasteiger partial charge is 0.480 e. The fraction of sp³-hybridized carbons (Fsp3) is 0.923. The Balaban J connectivity index is 2.82. The summed E-state index contributed by atoms with van der Waals surface area (Å²) in [5, 5.41) is 8.94. The van der Waals surface area contributed by atoms with E-state index in [-0.39, 0.29) is 25.4 Å². The lowest BCUT2D eigenvalue weighted by Crippen LogP contribution is -2.52. The lowest BCUT2D eigenvalue weighted by atomic mass is 9.83. The lowest BCUT2D eigenvalue weighted by Gasteiger charge is -2.44. The minimum atomic E-state index is -4.18. The van der Waals surface area contributed by atoms with Gasteiger partial charge >= 0.3 is 12.1 Å². The van der Waals surface area contributed by atoms with Crippen molar-refractivity contribution in [1.29, 1.82) is 0 Å². The van der Waals surface area contributed by atoms with Crippen molar-refractivity contribution in [2.45, 2.75) is 64.2 Å². The number of hydrogen-bond acceptors (Lipinski definition) is 2. The first kappa shape index (κ1) is 16.3. The topological polar surface area (TPSA) is 40.5 Å². The Morgan fingerprint density at radius 1 is 1.26 bits per heavy atom. The van der Waals surface area contributed by atoms with Gasteiger partial charge in [0.25, 0.3) is 0 Å². The minimum Gasteiger partial charge on any atom is -0.480 e. The third-order valence-electron chi connectivity index (χ3n) is 3.72. The maximum absolute atomic E-state index is 12.8. The third kappa shape index (κ3) is 4.67. The second-order valence-corrected chi connectivity index (χ2v) is 6.25. The summed E-state index contributed by atoms with van der Waals surface area (Å²) in [5.41, 5.74) is -0.448. The molecule has 0 spiro atoms. The van der Waals surface area contributed by atoms with E-state index in [1.807, 2.05) is 20.8 Å². The van der Waals surface area contributed by atoms with Crippen molar-refractivity contribution in [2.75, 3.05) is 6.54 Å². The summed E-state index contributed by atoms with van der Waals surface area (Å²) in [4.78, 5) is 12.6. The fourth-order valence-corrected chi connectivity index (χ4v) is 2.80. The van der Waals surface area contributed by atoms with Crippen molar-refractivity contribution in [1.82, 2.24) is 4.90 Å². The van der Waals surface area contributed by atoms with E-state index in [0.29, 0.717) is 12.8 Å². The molecule has 112 valence electrons. The Morgan fingerprint density at radius 3 is 2.26 bits per heavy atom. The van der Waals surface area contributed by atoms with Crippen molar-refractivity contribution in [3.05, 3.63) is 0 Å². The molecule has 2 atom stereocenters. The van der Waals surface area contributed by atoms with Gasteiger partial charge in [-0.2, -0.15) is 13.2 Å².